The molecule has 1 rings (SSSR count). The lowest BCUT2D eigenvalue weighted by Crippen LogP contribution is -2.43. The van der Waals surface area contributed by atoms with Crippen molar-refractivity contribution in [2.24, 2.45) is 5.92 Å². The van der Waals surface area contributed by atoms with Crippen LogP contribution < -0.4 is 0 Å². The Labute approximate surface area is 67.0 Å². The molecule has 0 aromatic rings. The molecule has 0 aliphatic carbocycles. The molecule has 1 aliphatic heterocycles. The first-order chi connectivity index (χ1) is 5.13. The van der Waals surface area contributed by atoms with E-state index in [2.05, 4.69) is 4.90 Å². The highest BCUT2D eigenvalue weighted by atomic mass is 16.4. The molecule has 0 saturated carbocycles. The first kappa shape index (κ1) is 8.53. The summed E-state index contributed by atoms with van der Waals surface area (Å²) < 4.78 is 0. The first-order valence-electron chi connectivity index (χ1n) is 4.06. The van der Waals surface area contributed by atoms with E-state index < -0.39 is 5.97 Å². The molecule has 0 aromatic carbocycles. The lowest BCUT2D eigenvalue weighted by molar-refractivity contribution is -0.145. The zero-order valence-corrected chi connectivity index (χ0v) is 7.08. The second kappa shape index (κ2) is 3.22. The molecule has 0 radical (unpaired) electrons. The second-order valence-electron chi connectivity index (χ2n) is 3.31. The molecule has 0 bridgehead atoms. The van der Waals surface area contributed by atoms with E-state index in [4.69, 9.17) is 5.11 Å². The minimum atomic E-state index is -0.649. The van der Waals surface area contributed by atoms with E-state index in [0.717, 1.165) is 19.4 Å². The monoisotopic (exact) mass is 157 g/mol. The third-order valence-corrected chi connectivity index (χ3v) is 2.62. The molecular formula is C8H15NO2. The number of rotatable bonds is 1. The fourth-order valence-corrected chi connectivity index (χ4v) is 1.64. The summed E-state index contributed by atoms with van der Waals surface area (Å²) in [5.74, 6) is -0.808. The van der Waals surface area contributed by atoms with Gasteiger partial charge in [-0.1, -0.05) is 0 Å². The number of hydrogen-bond donors (Lipinski definition) is 1. The van der Waals surface area contributed by atoms with Gasteiger partial charge in [-0.15, -0.1) is 0 Å². The van der Waals surface area contributed by atoms with Gasteiger partial charge in [-0.25, -0.2) is 0 Å². The Bertz CT molecular complexity index is 158. The third kappa shape index (κ3) is 1.71. The Morgan fingerprint density at radius 3 is 2.73 bits per heavy atom. The van der Waals surface area contributed by atoms with Crippen molar-refractivity contribution in [2.45, 2.75) is 25.8 Å². The predicted molar refractivity (Wildman–Crippen MR) is 42.5 cm³/mol. The maximum atomic E-state index is 10.7. The smallest absolute Gasteiger partial charge is 0.308 e. The molecule has 0 amide bonds. The van der Waals surface area contributed by atoms with Crippen LogP contribution in [-0.4, -0.2) is 35.6 Å². The molecule has 0 unspecified atom stereocenters. The molecule has 2 atom stereocenters. The van der Waals surface area contributed by atoms with Crippen LogP contribution in [-0.2, 0) is 4.79 Å². The highest BCUT2D eigenvalue weighted by Gasteiger charge is 2.30. The minimum absolute atomic E-state index is 0.159. The number of carbonyl (C=O) groups is 1. The van der Waals surface area contributed by atoms with E-state index in [1.165, 1.54) is 0 Å². The van der Waals surface area contributed by atoms with Gasteiger partial charge in [0.25, 0.3) is 0 Å². The van der Waals surface area contributed by atoms with Crippen molar-refractivity contribution in [2.75, 3.05) is 13.6 Å². The van der Waals surface area contributed by atoms with E-state index in [9.17, 15) is 4.79 Å². The quantitative estimate of drug-likeness (QED) is 0.612. The average molecular weight is 157 g/mol. The van der Waals surface area contributed by atoms with E-state index in [-0.39, 0.29) is 12.0 Å². The molecular weight excluding hydrogens is 142 g/mol. The van der Waals surface area contributed by atoms with Crippen molar-refractivity contribution in [1.82, 2.24) is 4.90 Å². The second-order valence-corrected chi connectivity index (χ2v) is 3.31. The fourth-order valence-electron chi connectivity index (χ4n) is 1.64. The van der Waals surface area contributed by atoms with Gasteiger partial charge in [0.1, 0.15) is 0 Å². The van der Waals surface area contributed by atoms with Crippen LogP contribution in [0.1, 0.15) is 19.8 Å². The van der Waals surface area contributed by atoms with Crippen LogP contribution in [0.2, 0.25) is 0 Å². The number of carboxylic acid groups (broad SMARTS) is 1. The summed E-state index contributed by atoms with van der Waals surface area (Å²) in [5.41, 5.74) is 0. The highest BCUT2D eigenvalue weighted by Crippen LogP contribution is 2.21. The summed E-state index contributed by atoms with van der Waals surface area (Å²) in [4.78, 5) is 12.8. The van der Waals surface area contributed by atoms with Crippen LogP contribution in [0.15, 0.2) is 0 Å². The Morgan fingerprint density at radius 1 is 1.64 bits per heavy atom. The molecule has 0 spiro atoms. The van der Waals surface area contributed by atoms with Crippen LogP contribution >= 0.6 is 0 Å². The molecule has 1 N–H and O–H groups in total. The molecule has 1 fully saturated rings. The van der Waals surface area contributed by atoms with Crippen molar-refractivity contribution in [3.63, 3.8) is 0 Å². The van der Waals surface area contributed by atoms with Gasteiger partial charge in [-0.2, -0.15) is 0 Å². The van der Waals surface area contributed by atoms with Crippen LogP contribution in [0.25, 0.3) is 0 Å². The van der Waals surface area contributed by atoms with E-state index in [1.54, 1.807) is 0 Å². The average Bonchev–Trinajstić information content (AvgIpc) is 1.94. The maximum absolute atomic E-state index is 10.7. The van der Waals surface area contributed by atoms with Gasteiger partial charge in [-0.05, 0) is 33.4 Å². The minimum Gasteiger partial charge on any atom is -0.481 e. The molecule has 1 aliphatic rings. The summed E-state index contributed by atoms with van der Waals surface area (Å²) in [6.07, 6.45) is 1.85. The normalized spacial score (nSPS) is 33.6. The number of nitrogens with zero attached hydrogens (tertiary/aromatic N) is 1. The van der Waals surface area contributed by atoms with Gasteiger partial charge in [0.2, 0.25) is 0 Å². The number of carboxylic acids is 1. The fraction of sp³-hybridized carbons (Fsp3) is 0.875. The number of hydrogen-bond acceptors (Lipinski definition) is 2. The van der Waals surface area contributed by atoms with Crippen LogP contribution in [0.5, 0.6) is 0 Å². The van der Waals surface area contributed by atoms with E-state index >= 15 is 0 Å². The molecule has 3 nitrogen and oxygen atoms in total. The summed E-state index contributed by atoms with van der Waals surface area (Å²) in [6, 6.07) is 0.196. The largest absolute Gasteiger partial charge is 0.481 e. The summed E-state index contributed by atoms with van der Waals surface area (Å²) in [5, 5.41) is 8.80. The highest BCUT2D eigenvalue weighted by molar-refractivity contribution is 5.70. The Hall–Kier alpha value is -0.570. The van der Waals surface area contributed by atoms with Gasteiger partial charge in [0.15, 0.2) is 0 Å². The van der Waals surface area contributed by atoms with Crippen LogP contribution in [0, 0.1) is 5.92 Å². The molecule has 0 aromatic heterocycles. The standard InChI is InChI=1S/C8H15NO2/c1-6-7(8(10)11)4-3-5-9(6)2/h6-7H,3-5H2,1-2H3,(H,10,11)/t6-,7-/m1/s1. The molecule has 3 heteroatoms. The Morgan fingerprint density at radius 2 is 2.27 bits per heavy atom. The van der Waals surface area contributed by atoms with E-state index in [0.29, 0.717) is 0 Å². The number of aliphatic carboxylic acids is 1. The molecule has 11 heavy (non-hydrogen) atoms. The lowest BCUT2D eigenvalue weighted by Gasteiger charge is -2.34. The van der Waals surface area contributed by atoms with Gasteiger partial charge >= 0.3 is 5.97 Å². The van der Waals surface area contributed by atoms with Gasteiger partial charge in [0, 0.05) is 6.04 Å². The van der Waals surface area contributed by atoms with Crippen molar-refractivity contribution in [3.05, 3.63) is 0 Å². The Kier molecular flexibility index (Phi) is 2.49. The first-order valence-corrected chi connectivity index (χ1v) is 4.06. The molecule has 1 saturated heterocycles. The van der Waals surface area contributed by atoms with E-state index in [1.807, 2.05) is 14.0 Å². The SMILES string of the molecule is C[C@@H]1[C@H](C(=O)O)CCCN1C. The van der Waals surface area contributed by atoms with Crippen LogP contribution in [0.3, 0.4) is 0 Å². The van der Waals surface area contributed by atoms with Gasteiger partial charge in [-0.3, -0.25) is 4.79 Å². The Balaban J connectivity index is 2.58. The maximum Gasteiger partial charge on any atom is 0.308 e. The van der Waals surface area contributed by atoms with Gasteiger partial charge in [0.05, 0.1) is 5.92 Å². The van der Waals surface area contributed by atoms with Crippen LogP contribution in [0.4, 0.5) is 0 Å². The number of likely N-dealkylation sites (tertiary alicyclic amines) is 1. The number of piperidine rings is 1. The van der Waals surface area contributed by atoms with Crippen molar-refractivity contribution < 1.29 is 9.90 Å². The zero-order valence-electron chi connectivity index (χ0n) is 7.08. The lowest BCUT2D eigenvalue weighted by atomic mass is 9.91. The van der Waals surface area contributed by atoms with Gasteiger partial charge < -0.3 is 10.0 Å². The molecule has 1 heterocycles. The topological polar surface area (TPSA) is 40.5 Å². The summed E-state index contributed by atoms with van der Waals surface area (Å²) in [7, 11) is 1.99. The molecule has 64 valence electrons. The predicted octanol–water partition coefficient (Wildman–Crippen LogP) is 0.801. The summed E-state index contributed by atoms with van der Waals surface area (Å²) >= 11 is 0. The van der Waals surface area contributed by atoms with Crippen molar-refractivity contribution in [3.8, 4) is 0 Å². The van der Waals surface area contributed by atoms with Crippen molar-refractivity contribution >= 4 is 5.97 Å². The zero-order chi connectivity index (χ0) is 8.43. The summed E-state index contributed by atoms with van der Waals surface area (Å²) in [6.45, 7) is 3.02. The van der Waals surface area contributed by atoms with Crippen molar-refractivity contribution in [1.29, 1.82) is 0 Å². The third-order valence-electron chi connectivity index (χ3n) is 2.62.